The number of aliphatic hydroxyl groups excluding tert-OH is 1. The average molecular weight is 182 g/mol. The van der Waals surface area contributed by atoms with Crippen LogP contribution in [0, 0.1) is 17.3 Å². The van der Waals surface area contributed by atoms with Crippen LogP contribution in [0.15, 0.2) is 0 Å². The van der Waals surface area contributed by atoms with E-state index in [0.717, 1.165) is 6.42 Å². The molecule has 3 rings (SSSR count). The van der Waals surface area contributed by atoms with Crippen molar-refractivity contribution in [2.45, 2.75) is 32.0 Å². The summed E-state index contributed by atoms with van der Waals surface area (Å²) in [6, 6.07) is 0. The molecule has 0 bridgehead atoms. The van der Waals surface area contributed by atoms with Crippen LogP contribution in [0.4, 0.5) is 0 Å². The van der Waals surface area contributed by atoms with Crippen LogP contribution in [0.25, 0.3) is 0 Å². The predicted octanol–water partition coefficient (Wildman–Crippen LogP) is 0.361. The van der Waals surface area contributed by atoms with Crippen molar-refractivity contribution in [3.63, 3.8) is 0 Å². The van der Waals surface area contributed by atoms with E-state index in [0.29, 0.717) is 5.92 Å². The van der Waals surface area contributed by atoms with Gasteiger partial charge in [0.2, 0.25) is 0 Å². The van der Waals surface area contributed by atoms with Gasteiger partial charge in [-0.2, -0.15) is 0 Å². The fourth-order valence-electron chi connectivity index (χ4n) is 3.05. The van der Waals surface area contributed by atoms with Crippen molar-refractivity contribution in [1.29, 1.82) is 0 Å². The SMILES string of the molecule is CC12OC1CC1C(C2=O)C1(C)CO. The lowest BCUT2D eigenvalue weighted by molar-refractivity contribution is -0.126. The minimum absolute atomic E-state index is 0.0706. The molecule has 1 N–H and O–H groups in total. The van der Waals surface area contributed by atoms with Gasteiger partial charge in [0, 0.05) is 17.9 Å². The fraction of sp³-hybridized carbons (Fsp3) is 0.900. The summed E-state index contributed by atoms with van der Waals surface area (Å²) in [5, 5.41) is 9.21. The number of Topliss-reactive ketones (excluding diaryl/α,β-unsaturated/α-hetero) is 1. The summed E-state index contributed by atoms with van der Waals surface area (Å²) in [4.78, 5) is 11.9. The molecular formula is C10H14O3. The Morgan fingerprint density at radius 1 is 1.62 bits per heavy atom. The minimum atomic E-state index is -0.478. The summed E-state index contributed by atoms with van der Waals surface area (Å²) in [7, 11) is 0. The summed E-state index contributed by atoms with van der Waals surface area (Å²) < 4.78 is 5.39. The van der Waals surface area contributed by atoms with Crippen molar-refractivity contribution in [3.8, 4) is 0 Å². The molecule has 0 radical (unpaired) electrons. The zero-order valence-corrected chi connectivity index (χ0v) is 7.91. The van der Waals surface area contributed by atoms with Crippen LogP contribution < -0.4 is 0 Å². The van der Waals surface area contributed by atoms with Gasteiger partial charge in [-0.25, -0.2) is 0 Å². The van der Waals surface area contributed by atoms with Crippen molar-refractivity contribution in [2.75, 3.05) is 6.61 Å². The van der Waals surface area contributed by atoms with Gasteiger partial charge in [-0.15, -0.1) is 0 Å². The number of epoxide rings is 1. The summed E-state index contributed by atoms with van der Waals surface area (Å²) in [5.41, 5.74) is -0.606. The second kappa shape index (κ2) is 1.84. The van der Waals surface area contributed by atoms with Crippen molar-refractivity contribution in [1.82, 2.24) is 0 Å². The molecule has 1 saturated heterocycles. The smallest absolute Gasteiger partial charge is 0.171 e. The average Bonchev–Trinajstić information content (AvgIpc) is 2.91. The van der Waals surface area contributed by atoms with E-state index < -0.39 is 5.60 Å². The van der Waals surface area contributed by atoms with Gasteiger partial charge in [0.15, 0.2) is 11.4 Å². The van der Waals surface area contributed by atoms with E-state index in [-0.39, 0.29) is 29.8 Å². The fourth-order valence-corrected chi connectivity index (χ4v) is 3.05. The summed E-state index contributed by atoms with van der Waals surface area (Å²) in [6.07, 6.45) is 1.11. The van der Waals surface area contributed by atoms with E-state index in [1.165, 1.54) is 0 Å². The molecule has 2 aliphatic carbocycles. The molecule has 72 valence electrons. The Hall–Kier alpha value is -0.410. The molecule has 1 aliphatic heterocycles. The van der Waals surface area contributed by atoms with Gasteiger partial charge in [0.1, 0.15) is 0 Å². The van der Waals surface area contributed by atoms with Crippen LogP contribution in [-0.4, -0.2) is 29.2 Å². The number of carbonyl (C=O) groups excluding carboxylic acids is 1. The molecule has 3 aliphatic rings. The minimum Gasteiger partial charge on any atom is -0.396 e. The molecule has 0 aromatic heterocycles. The second-order valence-corrected chi connectivity index (χ2v) is 5.06. The highest BCUT2D eigenvalue weighted by Gasteiger charge is 2.77. The zero-order chi connectivity index (χ0) is 9.43. The Bertz CT molecular complexity index is 301. The third-order valence-electron chi connectivity index (χ3n) is 4.38. The Labute approximate surface area is 77.1 Å². The van der Waals surface area contributed by atoms with Crippen molar-refractivity contribution in [3.05, 3.63) is 0 Å². The maximum absolute atomic E-state index is 11.9. The highest BCUT2D eigenvalue weighted by Crippen LogP contribution is 2.69. The largest absolute Gasteiger partial charge is 0.396 e. The van der Waals surface area contributed by atoms with Gasteiger partial charge in [-0.05, 0) is 19.3 Å². The molecule has 0 aromatic carbocycles. The van der Waals surface area contributed by atoms with Crippen molar-refractivity contribution < 1.29 is 14.6 Å². The van der Waals surface area contributed by atoms with Crippen LogP contribution >= 0.6 is 0 Å². The monoisotopic (exact) mass is 182 g/mol. The molecule has 3 heteroatoms. The number of ether oxygens (including phenoxy) is 1. The van der Waals surface area contributed by atoms with Gasteiger partial charge in [0.25, 0.3) is 0 Å². The zero-order valence-electron chi connectivity index (χ0n) is 7.91. The van der Waals surface area contributed by atoms with E-state index in [9.17, 15) is 9.90 Å². The summed E-state index contributed by atoms with van der Waals surface area (Å²) in [6.45, 7) is 4.03. The maximum atomic E-state index is 11.9. The second-order valence-electron chi connectivity index (χ2n) is 5.06. The van der Waals surface area contributed by atoms with E-state index >= 15 is 0 Å². The third kappa shape index (κ3) is 0.680. The Kier molecular flexibility index (Phi) is 1.12. The molecule has 1 heterocycles. The lowest BCUT2D eigenvalue weighted by Crippen LogP contribution is -2.30. The van der Waals surface area contributed by atoms with Gasteiger partial charge >= 0.3 is 0 Å². The molecule has 2 saturated carbocycles. The summed E-state index contributed by atoms with van der Waals surface area (Å²) >= 11 is 0. The Morgan fingerprint density at radius 2 is 2.31 bits per heavy atom. The first-order valence-corrected chi connectivity index (χ1v) is 4.87. The standard InChI is InChI=1S/C10H14O3/c1-9(4-11)5-3-6-10(2,13-6)8(12)7(5)9/h5-7,11H,3-4H2,1-2H3. The van der Waals surface area contributed by atoms with Crippen molar-refractivity contribution in [2.24, 2.45) is 17.3 Å². The molecule has 5 atom stereocenters. The molecule has 5 unspecified atom stereocenters. The first-order chi connectivity index (χ1) is 6.04. The third-order valence-corrected chi connectivity index (χ3v) is 4.38. The molecule has 3 nitrogen and oxygen atoms in total. The highest BCUT2D eigenvalue weighted by atomic mass is 16.6. The molecular weight excluding hydrogens is 168 g/mol. The molecule has 0 aromatic rings. The maximum Gasteiger partial charge on any atom is 0.171 e. The highest BCUT2D eigenvalue weighted by molar-refractivity contribution is 5.96. The van der Waals surface area contributed by atoms with Gasteiger partial charge in [-0.3, -0.25) is 4.79 Å². The first kappa shape index (κ1) is 7.94. The number of hydrogen-bond donors (Lipinski definition) is 1. The number of hydrogen-bond acceptors (Lipinski definition) is 3. The Balaban J connectivity index is 1.92. The predicted molar refractivity (Wildman–Crippen MR) is 45.1 cm³/mol. The van der Waals surface area contributed by atoms with Crippen molar-refractivity contribution >= 4 is 5.78 Å². The molecule has 0 spiro atoms. The van der Waals surface area contributed by atoms with E-state index in [2.05, 4.69) is 0 Å². The lowest BCUT2D eigenvalue weighted by atomic mass is 9.89. The van der Waals surface area contributed by atoms with Gasteiger partial charge in [-0.1, -0.05) is 6.92 Å². The first-order valence-electron chi connectivity index (χ1n) is 4.87. The number of fused-ring (bicyclic) bond motifs is 2. The van der Waals surface area contributed by atoms with E-state index in [4.69, 9.17) is 4.74 Å². The number of rotatable bonds is 1. The molecule has 0 amide bonds. The van der Waals surface area contributed by atoms with Crippen LogP contribution in [0.2, 0.25) is 0 Å². The molecule has 13 heavy (non-hydrogen) atoms. The van der Waals surface area contributed by atoms with Crippen LogP contribution in [-0.2, 0) is 9.53 Å². The quantitative estimate of drug-likeness (QED) is 0.596. The topological polar surface area (TPSA) is 49.8 Å². The van der Waals surface area contributed by atoms with Crippen LogP contribution in [0.3, 0.4) is 0 Å². The van der Waals surface area contributed by atoms with Gasteiger partial charge in [0.05, 0.1) is 6.10 Å². The Morgan fingerprint density at radius 3 is 2.92 bits per heavy atom. The number of carbonyl (C=O) groups is 1. The van der Waals surface area contributed by atoms with Gasteiger partial charge < -0.3 is 9.84 Å². The number of ketones is 1. The number of aliphatic hydroxyl groups is 1. The van der Waals surface area contributed by atoms with Crippen LogP contribution in [0.1, 0.15) is 20.3 Å². The normalized spacial score (nSPS) is 62.7. The van der Waals surface area contributed by atoms with E-state index in [1.807, 2.05) is 13.8 Å². The van der Waals surface area contributed by atoms with Crippen LogP contribution in [0.5, 0.6) is 0 Å². The van der Waals surface area contributed by atoms with E-state index in [1.54, 1.807) is 0 Å². The lowest BCUT2D eigenvalue weighted by Gasteiger charge is -2.09. The summed E-state index contributed by atoms with van der Waals surface area (Å²) in [5.74, 6) is 0.678. The molecule has 3 fully saturated rings.